The number of hydrogen-bond acceptors (Lipinski definition) is 3. The summed E-state index contributed by atoms with van der Waals surface area (Å²) in [4.78, 5) is 11.0. The van der Waals surface area contributed by atoms with E-state index in [1.54, 1.807) is 18.2 Å². The molecule has 1 aromatic rings. The Morgan fingerprint density at radius 3 is 2.72 bits per heavy atom. The minimum Gasteiger partial charge on any atom is -0.481 e. The van der Waals surface area contributed by atoms with Gasteiger partial charge in [-0.1, -0.05) is 12.1 Å². The van der Waals surface area contributed by atoms with Crippen molar-refractivity contribution in [2.24, 2.45) is 11.8 Å². The van der Waals surface area contributed by atoms with Crippen LogP contribution in [-0.2, 0) is 21.1 Å². The second-order valence-electron chi connectivity index (χ2n) is 4.90. The number of aryl methyl sites for hydroxylation is 1. The number of carboxylic acids is 1. The van der Waals surface area contributed by atoms with Gasteiger partial charge in [-0.05, 0) is 42.9 Å². The van der Waals surface area contributed by atoms with E-state index in [1.165, 1.54) is 6.26 Å². The van der Waals surface area contributed by atoms with Gasteiger partial charge in [-0.3, -0.25) is 4.79 Å². The number of benzene rings is 1. The van der Waals surface area contributed by atoms with Crippen LogP contribution in [-0.4, -0.2) is 25.7 Å². The Morgan fingerprint density at radius 2 is 2.17 bits per heavy atom. The van der Waals surface area contributed by atoms with E-state index in [1.807, 2.05) is 6.07 Å². The van der Waals surface area contributed by atoms with Gasteiger partial charge >= 0.3 is 5.97 Å². The molecular formula is C13H16O4S. The highest BCUT2D eigenvalue weighted by Gasteiger charge is 2.42. The summed E-state index contributed by atoms with van der Waals surface area (Å²) < 4.78 is 22.8. The van der Waals surface area contributed by atoms with Crippen LogP contribution >= 0.6 is 0 Å². The fraction of sp³-hybridized carbons (Fsp3) is 0.462. The number of sulfone groups is 1. The highest BCUT2D eigenvalue weighted by atomic mass is 32.2. The maximum Gasteiger partial charge on any atom is 0.306 e. The summed E-state index contributed by atoms with van der Waals surface area (Å²) in [7, 11) is -3.17. The lowest BCUT2D eigenvalue weighted by Crippen LogP contribution is -2.01. The minimum atomic E-state index is -3.17. The standard InChI is InChI=1S/C13H16O4S/c1-18(16,17)11-4-2-3-9(7-11)5-6-10-8-12(10)13(14)15/h2-4,7,10,12H,5-6,8H2,1H3,(H,14,15). The van der Waals surface area contributed by atoms with Gasteiger partial charge in [0.25, 0.3) is 0 Å². The Bertz CT molecular complexity index is 562. The Kier molecular flexibility index (Phi) is 3.43. The van der Waals surface area contributed by atoms with E-state index < -0.39 is 15.8 Å². The Labute approximate surface area is 107 Å². The second kappa shape index (κ2) is 4.72. The zero-order valence-electron chi connectivity index (χ0n) is 10.2. The van der Waals surface area contributed by atoms with Crippen molar-refractivity contribution < 1.29 is 18.3 Å². The Morgan fingerprint density at radius 1 is 1.44 bits per heavy atom. The van der Waals surface area contributed by atoms with Crippen molar-refractivity contribution in [1.29, 1.82) is 0 Å². The molecule has 1 aliphatic rings. The number of carboxylic acid groups (broad SMARTS) is 1. The van der Waals surface area contributed by atoms with Crippen LogP contribution in [0.15, 0.2) is 29.2 Å². The molecule has 2 atom stereocenters. The van der Waals surface area contributed by atoms with Gasteiger partial charge in [-0.25, -0.2) is 8.42 Å². The van der Waals surface area contributed by atoms with Gasteiger partial charge in [0.05, 0.1) is 10.8 Å². The average molecular weight is 268 g/mol. The highest BCUT2D eigenvalue weighted by Crippen LogP contribution is 2.42. The van der Waals surface area contributed by atoms with E-state index in [2.05, 4.69) is 0 Å². The van der Waals surface area contributed by atoms with Crippen LogP contribution < -0.4 is 0 Å². The van der Waals surface area contributed by atoms with E-state index in [0.29, 0.717) is 4.90 Å². The first-order valence-electron chi connectivity index (χ1n) is 5.90. The zero-order chi connectivity index (χ0) is 13.3. The first kappa shape index (κ1) is 13.1. The normalized spacial score (nSPS) is 22.7. The van der Waals surface area contributed by atoms with Gasteiger partial charge in [0.15, 0.2) is 9.84 Å². The lowest BCUT2D eigenvalue weighted by Gasteiger charge is -2.03. The van der Waals surface area contributed by atoms with Gasteiger partial charge in [0.1, 0.15) is 0 Å². The highest BCUT2D eigenvalue weighted by molar-refractivity contribution is 7.90. The summed E-state index contributed by atoms with van der Waals surface area (Å²) in [6, 6.07) is 6.86. The van der Waals surface area contributed by atoms with E-state index in [9.17, 15) is 13.2 Å². The van der Waals surface area contributed by atoms with Gasteiger partial charge < -0.3 is 5.11 Å². The van der Waals surface area contributed by atoms with Crippen LogP contribution in [0.1, 0.15) is 18.4 Å². The predicted octanol–water partition coefficient (Wildman–Crippen LogP) is 1.74. The molecule has 2 unspecified atom stereocenters. The second-order valence-corrected chi connectivity index (χ2v) is 6.91. The quantitative estimate of drug-likeness (QED) is 0.883. The molecule has 1 saturated carbocycles. The van der Waals surface area contributed by atoms with Crippen LogP contribution in [0.25, 0.3) is 0 Å². The molecule has 4 nitrogen and oxygen atoms in total. The lowest BCUT2D eigenvalue weighted by molar-refractivity contribution is -0.138. The van der Waals surface area contributed by atoms with Crippen LogP contribution in [0.4, 0.5) is 0 Å². The van der Waals surface area contributed by atoms with E-state index in [-0.39, 0.29) is 11.8 Å². The molecule has 0 amide bonds. The average Bonchev–Trinajstić information content (AvgIpc) is 3.05. The molecular weight excluding hydrogens is 252 g/mol. The minimum absolute atomic E-state index is 0.192. The molecule has 1 N–H and O–H groups in total. The fourth-order valence-corrected chi connectivity index (χ4v) is 2.84. The third-order valence-corrected chi connectivity index (χ3v) is 4.48. The number of hydrogen-bond donors (Lipinski definition) is 1. The first-order chi connectivity index (χ1) is 8.38. The lowest BCUT2D eigenvalue weighted by atomic mass is 10.1. The van der Waals surface area contributed by atoms with Crippen molar-refractivity contribution in [3.05, 3.63) is 29.8 Å². The topological polar surface area (TPSA) is 71.4 Å². The van der Waals surface area contributed by atoms with Gasteiger partial charge in [-0.15, -0.1) is 0 Å². The number of aliphatic carboxylic acids is 1. The summed E-state index contributed by atoms with van der Waals surface area (Å²) in [5.41, 5.74) is 0.953. The summed E-state index contributed by atoms with van der Waals surface area (Å²) in [5, 5.41) is 8.79. The number of rotatable bonds is 5. The van der Waals surface area contributed by atoms with Gasteiger partial charge in [0.2, 0.25) is 0 Å². The van der Waals surface area contributed by atoms with Crippen molar-refractivity contribution in [3.63, 3.8) is 0 Å². The fourth-order valence-electron chi connectivity index (χ4n) is 2.15. The first-order valence-corrected chi connectivity index (χ1v) is 7.79. The predicted molar refractivity (Wildman–Crippen MR) is 67.1 cm³/mol. The molecule has 1 aliphatic carbocycles. The van der Waals surface area contributed by atoms with Crippen LogP contribution in [0, 0.1) is 11.8 Å². The van der Waals surface area contributed by atoms with E-state index in [0.717, 1.165) is 24.8 Å². The monoisotopic (exact) mass is 268 g/mol. The summed E-state index contributed by atoms with van der Waals surface area (Å²) in [6.07, 6.45) is 3.48. The largest absolute Gasteiger partial charge is 0.481 e. The summed E-state index contributed by atoms with van der Waals surface area (Å²) >= 11 is 0. The van der Waals surface area contributed by atoms with Crippen molar-refractivity contribution in [3.8, 4) is 0 Å². The molecule has 18 heavy (non-hydrogen) atoms. The molecule has 0 radical (unpaired) electrons. The van der Waals surface area contributed by atoms with E-state index in [4.69, 9.17) is 5.11 Å². The molecule has 0 aromatic heterocycles. The van der Waals surface area contributed by atoms with Crippen molar-refractivity contribution in [2.75, 3.05) is 6.26 Å². The van der Waals surface area contributed by atoms with E-state index >= 15 is 0 Å². The molecule has 0 aliphatic heterocycles. The van der Waals surface area contributed by atoms with Gasteiger partial charge in [-0.2, -0.15) is 0 Å². The molecule has 2 rings (SSSR count). The molecule has 1 fully saturated rings. The smallest absolute Gasteiger partial charge is 0.306 e. The third-order valence-electron chi connectivity index (χ3n) is 3.37. The maximum atomic E-state index is 11.4. The van der Waals surface area contributed by atoms with Crippen LogP contribution in [0.5, 0.6) is 0 Å². The molecule has 0 spiro atoms. The molecule has 0 saturated heterocycles. The summed E-state index contributed by atoms with van der Waals surface area (Å²) in [6.45, 7) is 0. The summed E-state index contributed by atoms with van der Waals surface area (Å²) in [5.74, 6) is -0.655. The third kappa shape index (κ3) is 3.10. The number of carbonyl (C=O) groups is 1. The van der Waals surface area contributed by atoms with Crippen LogP contribution in [0.2, 0.25) is 0 Å². The van der Waals surface area contributed by atoms with Crippen molar-refractivity contribution in [2.45, 2.75) is 24.2 Å². The molecule has 5 heteroatoms. The van der Waals surface area contributed by atoms with Crippen molar-refractivity contribution >= 4 is 15.8 Å². The Balaban J connectivity index is 1.97. The zero-order valence-corrected chi connectivity index (χ0v) is 11.0. The molecule has 1 aromatic carbocycles. The maximum absolute atomic E-state index is 11.4. The SMILES string of the molecule is CS(=O)(=O)c1cccc(CCC2CC2C(=O)O)c1. The van der Waals surface area contributed by atoms with Gasteiger partial charge in [0, 0.05) is 6.26 Å². The molecule has 98 valence electrons. The molecule has 0 heterocycles. The van der Waals surface area contributed by atoms with Crippen molar-refractivity contribution in [1.82, 2.24) is 0 Å². The van der Waals surface area contributed by atoms with Crippen LogP contribution in [0.3, 0.4) is 0 Å². The molecule has 0 bridgehead atoms. The Hall–Kier alpha value is -1.36.